The monoisotopic (exact) mass is 527 g/mol. The first-order chi connectivity index (χ1) is 11.2. The van der Waals surface area contributed by atoms with Crippen molar-refractivity contribution < 1.29 is 86.9 Å². The molecule has 0 saturated heterocycles. The topological polar surface area (TPSA) is 12.0 Å². The van der Waals surface area contributed by atoms with Crippen LogP contribution in [0.4, 0.5) is 0 Å². The number of nitrogens with one attached hydrogen (secondary N) is 1. The van der Waals surface area contributed by atoms with Crippen LogP contribution in [0.1, 0.15) is 44.4 Å². The molecule has 2 aromatic carbocycles. The molecule has 1 aliphatic rings. The molecule has 0 bridgehead atoms. The Morgan fingerprint density at radius 3 is 1.93 bits per heavy atom. The Hall–Kier alpha value is 1.21. The second-order valence-corrected chi connectivity index (χ2v) is 12.9. The van der Waals surface area contributed by atoms with E-state index in [0.29, 0.717) is 5.54 Å². The molecule has 3 rings (SSSR count). The van der Waals surface area contributed by atoms with Crippen LogP contribution in [0.3, 0.4) is 0 Å². The van der Waals surface area contributed by atoms with Gasteiger partial charge in [-0.25, -0.2) is 0 Å². The first-order valence-electron chi connectivity index (χ1n) is 8.85. The van der Waals surface area contributed by atoms with E-state index in [2.05, 4.69) is 100 Å². The maximum Gasteiger partial charge on any atom is 0.131 e. The normalized spacial score (nSPS) is 15.1. The summed E-state index contributed by atoms with van der Waals surface area (Å²) in [6.07, 6.45) is 2.42. The SMILES string of the molecule is CC1=Cc2c(-c3ccccc3)cccc2C1[Si](C)(C)NC(C)(C)C.[Ti].[Ti].[Ti].[Ti]. The zero-order valence-corrected chi connectivity index (χ0v) is 25.0. The summed E-state index contributed by atoms with van der Waals surface area (Å²) in [6, 6.07) is 17.6. The number of hydrogen-bond donors (Lipinski definition) is 1. The van der Waals surface area contributed by atoms with Gasteiger partial charge in [0.1, 0.15) is 8.24 Å². The fourth-order valence-electron chi connectivity index (χ4n) is 4.42. The van der Waals surface area contributed by atoms with Crippen LogP contribution in [0.2, 0.25) is 13.1 Å². The van der Waals surface area contributed by atoms with E-state index in [-0.39, 0.29) is 92.4 Å². The van der Waals surface area contributed by atoms with Crippen LogP contribution >= 0.6 is 0 Å². The van der Waals surface area contributed by atoms with Gasteiger partial charge in [-0.05, 0) is 49.9 Å². The first-order valence-corrected chi connectivity index (χ1v) is 11.9. The summed E-state index contributed by atoms with van der Waals surface area (Å²) in [5.41, 5.74) is 7.77. The molecule has 1 atom stereocenters. The van der Waals surface area contributed by atoms with Gasteiger partial charge in [-0.1, -0.05) is 73.3 Å². The van der Waals surface area contributed by atoms with Gasteiger partial charge in [0.05, 0.1) is 0 Å². The van der Waals surface area contributed by atoms with Crippen LogP contribution in [0.25, 0.3) is 17.2 Å². The largest absolute Gasteiger partial charge is 0.332 e. The molecule has 0 amide bonds. The van der Waals surface area contributed by atoms with Crippen molar-refractivity contribution in [3.8, 4) is 11.1 Å². The molecule has 2 aromatic rings. The van der Waals surface area contributed by atoms with Crippen LogP contribution in [-0.4, -0.2) is 13.8 Å². The molecule has 1 N–H and O–H groups in total. The van der Waals surface area contributed by atoms with Crippen LogP contribution in [-0.2, 0) is 86.9 Å². The Kier molecular flexibility index (Phi) is 13.8. The second-order valence-electron chi connectivity index (χ2n) is 8.59. The van der Waals surface area contributed by atoms with Crippen molar-refractivity contribution >= 4 is 14.3 Å². The van der Waals surface area contributed by atoms with Gasteiger partial charge < -0.3 is 4.98 Å². The quantitative estimate of drug-likeness (QED) is 0.485. The summed E-state index contributed by atoms with van der Waals surface area (Å²) >= 11 is 0. The number of rotatable bonds is 3. The maximum absolute atomic E-state index is 3.97. The maximum atomic E-state index is 3.97. The van der Waals surface area contributed by atoms with Crippen LogP contribution < -0.4 is 4.98 Å². The minimum Gasteiger partial charge on any atom is -0.332 e. The Morgan fingerprint density at radius 1 is 0.821 bits per heavy atom. The van der Waals surface area contributed by atoms with E-state index in [4.69, 9.17) is 0 Å². The summed E-state index contributed by atoms with van der Waals surface area (Å²) in [6.45, 7) is 14.1. The minimum absolute atomic E-state index is 0. The molecule has 0 saturated carbocycles. The minimum atomic E-state index is -1.66. The molecule has 6 heteroatoms. The molecule has 0 aliphatic heterocycles. The summed E-state index contributed by atoms with van der Waals surface area (Å²) in [7, 11) is -1.66. The van der Waals surface area contributed by atoms with Crippen molar-refractivity contribution in [1.29, 1.82) is 0 Å². The summed E-state index contributed by atoms with van der Waals surface area (Å²) in [5, 5.41) is 0. The van der Waals surface area contributed by atoms with Gasteiger partial charge in [-0.15, -0.1) is 0 Å². The summed E-state index contributed by atoms with van der Waals surface area (Å²) < 4.78 is 0. The first kappa shape index (κ1) is 31.4. The Balaban J connectivity index is 0. The molecular weight excluding hydrogens is 498 g/mol. The van der Waals surface area contributed by atoms with Gasteiger partial charge in [-0.2, -0.15) is 0 Å². The van der Waals surface area contributed by atoms with Gasteiger partial charge in [0.25, 0.3) is 0 Å². The van der Waals surface area contributed by atoms with Gasteiger partial charge >= 0.3 is 0 Å². The molecule has 0 spiro atoms. The van der Waals surface area contributed by atoms with Crippen LogP contribution in [0.5, 0.6) is 0 Å². The molecule has 1 aliphatic carbocycles. The van der Waals surface area contributed by atoms with E-state index in [9.17, 15) is 0 Å². The molecule has 0 aromatic heterocycles. The third kappa shape index (κ3) is 7.13. The van der Waals surface area contributed by atoms with Gasteiger partial charge in [0.2, 0.25) is 0 Å². The molecule has 0 fully saturated rings. The molecule has 1 nitrogen and oxygen atoms in total. The molecule has 1 unspecified atom stereocenters. The predicted molar refractivity (Wildman–Crippen MR) is 109 cm³/mol. The average molecular weight is 527 g/mol. The van der Waals surface area contributed by atoms with E-state index >= 15 is 0 Å². The third-order valence-corrected chi connectivity index (χ3v) is 8.39. The number of fused-ring (bicyclic) bond motifs is 1. The van der Waals surface area contributed by atoms with Crippen LogP contribution in [0.15, 0.2) is 54.1 Å². The van der Waals surface area contributed by atoms with Crippen molar-refractivity contribution in [1.82, 2.24) is 4.98 Å². The van der Waals surface area contributed by atoms with Crippen molar-refractivity contribution in [2.45, 2.75) is 51.9 Å². The Morgan fingerprint density at radius 2 is 1.39 bits per heavy atom. The average Bonchev–Trinajstić information content (AvgIpc) is 2.82. The second kappa shape index (κ2) is 12.3. The zero-order chi connectivity index (χ0) is 17.5. The van der Waals surface area contributed by atoms with E-state index in [1.807, 2.05) is 0 Å². The number of allylic oxidation sites excluding steroid dienone is 1. The Bertz CT molecular complexity index is 783. The summed E-state index contributed by atoms with van der Waals surface area (Å²) in [5.74, 6) is 0. The van der Waals surface area contributed by atoms with E-state index in [1.54, 1.807) is 0 Å². The van der Waals surface area contributed by atoms with Crippen molar-refractivity contribution in [2.24, 2.45) is 0 Å². The predicted octanol–water partition coefficient (Wildman–Crippen LogP) is 5.98. The van der Waals surface area contributed by atoms with E-state index < -0.39 is 8.24 Å². The number of benzene rings is 2. The smallest absolute Gasteiger partial charge is 0.131 e. The zero-order valence-electron chi connectivity index (χ0n) is 17.8. The summed E-state index contributed by atoms with van der Waals surface area (Å²) in [4.78, 5) is 3.97. The van der Waals surface area contributed by atoms with Crippen molar-refractivity contribution in [3.63, 3.8) is 0 Å². The van der Waals surface area contributed by atoms with Gasteiger partial charge in [0, 0.05) is 98.0 Å². The van der Waals surface area contributed by atoms with Gasteiger partial charge in [0.15, 0.2) is 0 Å². The fraction of sp³-hybridized carbons (Fsp3) is 0.364. The third-order valence-electron chi connectivity index (χ3n) is 4.78. The molecular formula is C22H29NSiTi4. The number of hydrogen-bond acceptors (Lipinski definition) is 1. The van der Waals surface area contributed by atoms with Crippen molar-refractivity contribution in [2.75, 3.05) is 0 Å². The Labute approximate surface area is 231 Å². The molecule has 28 heavy (non-hydrogen) atoms. The standard InChI is InChI=1S/C22H29NSi.4Ti/c1-16-15-20-18(17-11-8-7-9-12-17)13-10-14-19(20)21(16)24(5,6)23-22(2,3)4;;;;/h7-15,21,23H,1-6H3;;;;. The molecule has 0 radical (unpaired) electrons. The van der Waals surface area contributed by atoms with Crippen molar-refractivity contribution in [3.05, 3.63) is 65.2 Å². The fourth-order valence-corrected chi connectivity index (χ4v) is 8.75. The van der Waals surface area contributed by atoms with Crippen LogP contribution in [0, 0.1) is 0 Å². The van der Waals surface area contributed by atoms with E-state index in [1.165, 1.54) is 27.8 Å². The van der Waals surface area contributed by atoms with E-state index in [0.717, 1.165) is 0 Å². The van der Waals surface area contributed by atoms with Gasteiger partial charge in [-0.3, -0.25) is 0 Å². The molecule has 142 valence electrons. The molecule has 0 heterocycles.